The number of carboxylic acids is 1. The van der Waals surface area contributed by atoms with Crippen LogP contribution < -0.4 is 5.32 Å². The number of nitrogens with zero attached hydrogens (tertiary/aromatic N) is 2. The molecule has 0 radical (unpaired) electrons. The molecule has 2 N–H and O–H groups in total. The lowest BCUT2D eigenvalue weighted by Crippen LogP contribution is -2.30. The molecule has 1 aromatic rings. The number of aliphatic carboxylic acids is 1. The summed E-state index contributed by atoms with van der Waals surface area (Å²) in [6, 6.07) is 1.12. The first kappa shape index (κ1) is 14.1. The van der Waals surface area contributed by atoms with Crippen LogP contribution in [0, 0.1) is 10.1 Å². The van der Waals surface area contributed by atoms with Gasteiger partial charge in [-0.15, -0.1) is 0 Å². The van der Waals surface area contributed by atoms with Gasteiger partial charge in [0.25, 0.3) is 0 Å². The molecule has 1 aromatic heterocycles. The second-order valence-corrected chi connectivity index (χ2v) is 3.66. The summed E-state index contributed by atoms with van der Waals surface area (Å²) in [7, 11) is 1.23. The second kappa shape index (κ2) is 6.12. The lowest BCUT2D eigenvalue weighted by atomic mass is 10.3. The van der Waals surface area contributed by atoms with Gasteiger partial charge in [0.05, 0.1) is 16.5 Å². The first-order valence-electron chi connectivity index (χ1n) is 4.75. The van der Waals surface area contributed by atoms with Crippen molar-refractivity contribution in [1.29, 1.82) is 0 Å². The van der Waals surface area contributed by atoms with Crippen LogP contribution in [-0.4, -0.2) is 40.7 Å². The molecule has 0 aliphatic rings. The number of carbonyl (C=O) groups is 1. The van der Waals surface area contributed by atoms with Gasteiger partial charge < -0.3 is 15.2 Å². The fraction of sp³-hybridized carbons (Fsp3) is 0.333. The van der Waals surface area contributed by atoms with Crippen LogP contribution in [0.4, 0.5) is 11.5 Å². The van der Waals surface area contributed by atoms with Crippen LogP contribution in [0.3, 0.4) is 0 Å². The minimum absolute atomic E-state index is 0.0623. The van der Waals surface area contributed by atoms with Crippen LogP contribution >= 0.6 is 11.6 Å². The van der Waals surface area contributed by atoms with Crippen molar-refractivity contribution in [2.45, 2.75) is 6.10 Å². The molecule has 0 fully saturated rings. The van der Waals surface area contributed by atoms with E-state index in [0.717, 1.165) is 6.07 Å². The summed E-state index contributed by atoms with van der Waals surface area (Å²) >= 11 is 5.59. The Morgan fingerprint density at radius 1 is 1.78 bits per heavy atom. The van der Waals surface area contributed by atoms with Gasteiger partial charge in [-0.3, -0.25) is 10.1 Å². The maximum atomic E-state index is 10.7. The number of methoxy groups -OCH3 is 1. The maximum Gasteiger partial charge on any atom is 0.334 e. The zero-order chi connectivity index (χ0) is 13.7. The van der Waals surface area contributed by atoms with Crippen molar-refractivity contribution in [3.05, 3.63) is 27.4 Å². The molecule has 0 saturated carbocycles. The molecule has 0 aliphatic heterocycles. The molecule has 98 valence electrons. The first-order chi connectivity index (χ1) is 8.45. The third-order valence-electron chi connectivity index (χ3n) is 2.05. The number of aromatic nitrogens is 1. The van der Waals surface area contributed by atoms with E-state index in [2.05, 4.69) is 15.0 Å². The molecule has 0 aliphatic carbocycles. The smallest absolute Gasteiger partial charge is 0.334 e. The number of pyridine rings is 1. The zero-order valence-electron chi connectivity index (χ0n) is 9.29. The Bertz CT molecular complexity index is 468. The highest BCUT2D eigenvalue weighted by molar-refractivity contribution is 6.30. The van der Waals surface area contributed by atoms with Gasteiger partial charge in [-0.1, -0.05) is 11.6 Å². The van der Waals surface area contributed by atoms with Gasteiger partial charge in [0, 0.05) is 19.4 Å². The SMILES string of the molecule is COC(CNc1ncc(Cl)cc1[N+](=O)[O-])C(=O)O. The van der Waals surface area contributed by atoms with E-state index < -0.39 is 17.0 Å². The van der Waals surface area contributed by atoms with E-state index in [1.807, 2.05) is 0 Å². The molecule has 9 heteroatoms. The Hall–Kier alpha value is -1.93. The van der Waals surface area contributed by atoms with Crippen LogP contribution in [0.5, 0.6) is 0 Å². The fourth-order valence-corrected chi connectivity index (χ4v) is 1.32. The van der Waals surface area contributed by atoms with Gasteiger partial charge in [-0.25, -0.2) is 9.78 Å². The average molecular weight is 276 g/mol. The monoisotopic (exact) mass is 275 g/mol. The average Bonchev–Trinajstić information content (AvgIpc) is 2.30. The van der Waals surface area contributed by atoms with Crippen molar-refractivity contribution >= 4 is 29.1 Å². The molecule has 0 aromatic carbocycles. The van der Waals surface area contributed by atoms with Gasteiger partial charge in [0.15, 0.2) is 6.10 Å². The van der Waals surface area contributed by atoms with Crippen LogP contribution in [0.2, 0.25) is 5.02 Å². The molecule has 1 unspecified atom stereocenters. The highest BCUT2D eigenvalue weighted by Crippen LogP contribution is 2.24. The number of carboxylic acid groups (broad SMARTS) is 1. The van der Waals surface area contributed by atoms with E-state index in [9.17, 15) is 14.9 Å². The Morgan fingerprint density at radius 3 is 2.94 bits per heavy atom. The summed E-state index contributed by atoms with van der Waals surface area (Å²) in [5.74, 6) is -1.24. The van der Waals surface area contributed by atoms with Crippen LogP contribution in [0.15, 0.2) is 12.3 Å². The number of hydrogen-bond donors (Lipinski definition) is 2. The van der Waals surface area contributed by atoms with Gasteiger partial charge in [-0.2, -0.15) is 0 Å². The molecule has 18 heavy (non-hydrogen) atoms. The van der Waals surface area contributed by atoms with Crippen molar-refractivity contribution in [1.82, 2.24) is 4.98 Å². The minimum atomic E-state index is -1.18. The molecule has 8 nitrogen and oxygen atoms in total. The molecule has 1 atom stereocenters. The molecule has 0 saturated heterocycles. The quantitative estimate of drug-likeness (QED) is 0.591. The summed E-state index contributed by atoms with van der Waals surface area (Å²) in [5.41, 5.74) is -0.331. The molecule has 0 bridgehead atoms. The van der Waals surface area contributed by atoms with Gasteiger partial charge >= 0.3 is 11.7 Å². The Morgan fingerprint density at radius 2 is 2.44 bits per heavy atom. The summed E-state index contributed by atoms with van der Waals surface area (Å²) in [6.45, 7) is -0.151. The molecule has 1 heterocycles. The summed E-state index contributed by atoms with van der Waals surface area (Å²) in [4.78, 5) is 24.5. The summed E-state index contributed by atoms with van der Waals surface area (Å²) < 4.78 is 4.67. The van der Waals surface area contributed by atoms with Crippen molar-refractivity contribution < 1.29 is 19.6 Å². The largest absolute Gasteiger partial charge is 0.479 e. The number of rotatable bonds is 6. The van der Waals surface area contributed by atoms with Crippen molar-refractivity contribution in [3.63, 3.8) is 0 Å². The lowest BCUT2D eigenvalue weighted by molar-refractivity contribution is -0.384. The maximum absolute atomic E-state index is 10.7. The second-order valence-electron chi connectivity index (χ2n) is 3.22. The number of hydrogen-bond acceptors (Lipinski definition) is 6. The first-order valence-corrected chi connectivity index (χ1v) is 5.13. The highest BCUT2D eigenvalue weighted by atomic mass is 35.5. The number of nitro groups is 1. The molecule has 0 amide bonds. The predicted octanol–water partition coefficient (Wildman–Crippen LogP) is 1.15. The number of anilines is 1. The topological polar surface area (TPSA) is 115 Å². The van der Waals surface area contributed by atoms with Gasteiger partial charge in [-0.05, 0) is 0 Å². The van der Waals surface area contributed by atoms with Crippen LogP contribution in [0.25, 0.3) is 0 Å². The van der Waals surface area contributed by atoms with Gasteiger partial charge in [0.2, 0.25) is 5.82 Å². The number of halogens is 1. The standard InChI is InChI=1S/C9H10ClN3O5/c1-18-7(9(14)15)4-12-8-6(13(16)17)2-5(10)3-11-8/h2-3,7H,4H2,1H3,(H,11,12)(H,14,15). The van der Waals surface area contributed by atoms with Crippen molar-refractivity contribution in [2.24, 2.45) is 0 Å². The molecule has 1 rings (SSSR count). The Labute approximate surface area is 107 Å². The Balaban J connectivity index is 2.84. The van der Waals surface area contributed by atoms with Crippen LogP contribution in [-0.2, 0) is 9.53 Å². The lowest BCUT2D eigenvalue weighted by Gasteiger charge is -2.11. The normalized spacial score (nSPS) is 11.9. The van der Waals surface area contributed by atoms with Crippen LogP contribution in [0.1, 0.15) is 0 Å². The van der Waals surface area contributed by atoms with Gasteiger partial charge in [0.1, 0.15) is 0 Å². The third-order valence-corrected chi connectivity index (χ3v) is 2.25. The fourth-order valence-electron chi connectivity index (χ4n) is 1.16. The summed E-state index contributed by atoms with van der Waals surface area (Å²) in [5, 5.41) is 22.1. The van der Waals surface area contributed by atoms with Crippen molar-refractivity contribution in [3.8, 4) is 0 Å². The highest BCUT2D eigenvalue weighted by Gasteiger charge is 2.20. The number of nitrogens with one attached hydrogen (secondary N) is 1. The van der Waals surface area contributed by atoms with E-state index in [4.69, 9.17) is 16.7 Å². The third kappa shape index (κ3) is 3.54. The number of ether oxygens (including phenoxy) is 1. The molecular weight excluding hydrogens is 266 g/mol. The van der Waals surface area contributed by atoms with Crippen molar-refractivity contribution in [2.75, 3.05) is 19.0 Å². The minimum Gasteiger partial charge on any atom is -0.479 e. The zero-order valence-corrected chi connectivity index (χ0v) is 10.0. The van der Waals surface area contributed by atoms with E-state index in [-0.39, 0.29) is 23.1 Å². The van der Waals surface area contributed by atoms with E-state index in [1.165, 1.54) is 13.3 Å². The van der Waals surface area contributed by atoms with E-state index in [1.54, 1.807) is 0 Å². The van der Waals surface area contributed by atoms with E-state index in [0.29, 0.717) is 0 Å². The predicted molar refractivity (Wildman–Crippen MR) is 62.8 cm³/mol. The Kier molecular flexibility index (Phi) is 4.81. The molecule has 0 spiro atoms. The van der Waals surface area contributed by atoms with E-state index >= 15 is 0 Å². The summed E-state index contributed by atoms with van der Waals surface area (Å²) in [6.07, 6.45) is 0.0986. The molecular formula is C9H10ClN3O5.